The first-order chi connectivity index (χ1) is 16.9. The quantitative estimate of drug-likeness (QED) is 0.367. The topological polar surface area (TPSA) is 111 Å². The number of likely N-dealkylation sites (N-methyl/N-ethyl adjacent to an activating group) is 1. The zero-order valence-corrected chi connectivity index (χ0v) is 20.4. The lowest BCUT2D eigenvalue weighted by atomic mass is 10.0. The molecule has 0 amide bonds. The molecule has 2 aromatic heterocycles. The molecule has 1 atom stereocenters. The van der Waals surface area contributed by atoms with Crippen molar-refractivity contribution in [2.45, 2.75) is 24.0 Å². The maximum Gasteiger partial charge on any atom is 0.262 e. The Morgan fingerprint density at radius 2 is 1.89 bits per heavy atom. The maximum atomic E-state index is 13.4. The fourth-order valence-electron chi connectivity index (χ4n) is 3.92. The predicted octanol–water partition coefficient (Wildman–Crippen LogP) is 2.95. The maximum absolute atomic E-state index is 13.4. The summed E-state index contributed by atoms with van der Waals surface area (Å²) in [6.45, 7) is 0.927. The van der Waals surface area contributed by atoms with Gasteiger partial charge in [-0.25, -0.2) is 18.4 Å². The molecule has 2 aromatic carbocycles. The summed E-state index contributed by atoms with van der Waals surface area (Å²) in [5.41, 5.74) is 3.45. The van der Waals surface area contributed by atoms with Crippen molar-refractivity contribution in [2.75, 3.05) is 18.5 Å². The molecule has 10 heteroatoms. The number of aromatic amines is 1. The van der Waals surface area contributed by atoms with Gasteiger partial charge >= 0.3 is 0 Å². The Morgan fingerprint density at radius 3 is 2.49 bits per heavy atom. The van der Waals surface area contributed by atoms with Gasteiger partial charge in [0.25, 0.3) is 10.0 Å². The average Bonchev–Trinajstić information content (AvgIpc) is 3.56. The summed E-state index contributed by atoms with van der Waals surface area (Å²) in [5.74, 6) is 0. The molecule has 180 valence electrons. The molecule has 4 aromatic rings. The van der Waals surface area contributed by atoms with Gasteiger partial charge in [0, 0.05) is 44.8 Å². The summed E-state index contributed by atoms with van der Waals surface area (Å²) >= 11 is 0. The van der Waals surface area contributed by atoms with Gasteiger partial charge in [0.05, 0.1) is 36.5 Å². The third-order valence-electron chi connectivity index (χ3n) is 6.01. The highest BCUT2D eigenvalue weighted by atomic mass is 32.2. The molecule has 35 heavy (non-hydrogen) atoms. The van der Waals surface area contributed by atoms with E-state index in [1.807, 2.05) is 54.1 Å². The molecule has 0 bridgehead atoms. The Morgan fingerprint density at radius 1 is 1.14 bits per heavy atom. The highest BCUT2D eigenvalue weighted by molar-refractivity contribution is 7.89. The minimum atomic E-state index is -3.82. The van der Waals surface area contributed by atoms with Gasteiger partial charge in [-0.15, -0.1) is 0 Å². The smallest absolute Gasteiger partial charge is 0.262 e. The monoisotopic (exact) mass is 489 g/mol. The third kappa shape index (κ3) is 5.59. The molecule has 2 heterocycles. The minimum absolute atomic E-state index is 0.0189. The van der Waals surface area contributed by atoms with E-state index in [9.17, 15) is 13.7 Å². The van der Waals surface area contributed by atoms with Crippen molar-refractivity contribution in [3.05, 3.63) is 96.5 Å². The number of sulfonamides is 1. The van der Waals surface area contributed by atoms with E-state index >= 15 is 0 Å². The van der Waals surface area contributed by atoms with E-state index in [0.29, 0.717) is 25.1 Å². The van der Waals surface area contributed by atoms with E-state index in [-0.39, 0.29) is 5.03 Å². The molecule has 1 N–H and O–H groups in total. The van der Waals surface area contributed by atoms with Crippen LogP contribution in [0.5, 0.6) is 0 Å². The van der Waals surface area contributed by atoms with E-state index in [2.05, 4.69) is 25.9 Å². The molecule has 0 radical (unpaired) electrons. The van der Waals surface area contributed by atoms with Crippen LogP contribution in [0.3, 0.4) is 0 Å². The van der Waals surface area contributed by atoms with Crippen LogP contribution < -0.4 is 4.90 Å². The summed E-state index contributed by atoms with van der Waals surface area (Å²) in [7, 11) is -0.299. The fraction of sp³-hybridized carbons (Fsp3) is 0.240. The minimum Gasteiger partial charge on any atom is -0.364 e. The molecule has 1 unspecified atom stereocenters. The summed E-state index contributed by atoms with van der Waals surface area (Å²) in [6.07, 6.45) is 6.80. The first kappa shape index (κ1) is 24.2. The van der Waals surface area contributed by atoms with Gasteiger partial charge in [0.2, 0.25) is 0 Å². The Bertz CT molecular complexity index is 1380. The number of H-pyrrole nitrogens is 1. The zero-order chi connectivity index (χ0) is 24.8. The molecular formula is C25H27N7O2S. The third-order valence-corrected chi connectivity index (χ3v) is 7.82. The second-order valence-corrected chi connectivity index (χ2v) is 10.3. The van der Waals surface area contributed by atoms with Crippen LogP contribution in [0.4, 0.5) is 5.69 Å². The summed E-state index contributed by atoms with van der Waals surface area (Å²) in [6, 6.07) is 18.9. The highest BCUT2D eigenvalue weighted by Gasteiger charge is 2.31. The van der Waals surface area contributed by atoms with E-state index in [4.69, 9.17) is 0 Å². The second-order valence-electron chi connectivity index (χ2n) is 8.31. The first-order valence-electron chi connectivity index (χ1n) is 11.1. The van der Waals surface area contributed by atoms with Crippen molar-refractivity contribution in [3.63, 3.8) is 0 Å². The molecule has 0 aliphatic carbocycles. The van der Waals surface area contributed by atoms with Crippen LogP contribution in [0.1, 0.15) is 16.8 Å². The predicted molar refractivity (Wildman–Crippen MR) is 133 cm³/mol. The number of nitrogens with zero attached hydrogens (tertiary/aromatic N) is 6. The van der Waals surface area contributed by atoms with Gasteiger partial charge < -0.3 is 14.5 Å². The molecule has 0 aliphatic heterocycles. The average molecular weight is 490 g/mol. The summed E-state index contributed by atoms with van der Waals surface area (Å²) < 4.78 is 30.1. The number of nitriles is 1. The van der Waals surface area contributed by atoms with Gasteiger partial charge in [-0.3, -0.25) is 0 Å². The van der Waals surface area contributed by atoms with Crippen molar-refractivity contribution in [2.24, 2.45) is 7.05 Å². The lowest BCUT2D eigenvalue weighted by Crippen LogP contribution is -2.46. The molecule has 0 spiro atoms. The molecule has 0 saturated heterocycles. The second kappa shape index (κ2) is 10.5. The van der Waals surface area contributed by atoms with Crippen LogP contribution in [0, 0.1) is 11.3 Å². The zero-order valence-electron chi connectivity index (χ0n) is 19.6. The van der Waals surface area contributed by atoms with Crippen LogP contribution in [-0.4, -0.2) is 51.9 Å². The molecule has 9 nitrogen and oxygen atoms in total. The largest absolute Gasteiger partial charge is 0.364 e. The van der Waals surface area contributed by atoms with E-state index in [1.165, 1.54) is 16.8 Å². The summed E-state index contributed by atoms with van der Waals surface area (Å²) in [5, 5.41) is 9.20. The summed E-state index contributed by atoms with van der Waals surface area (Å²) in [4.78, 5) is 13.1. The van der Waals surface area contributed by atoms with Gasteiger partial charge in [0.1, 0.15) is 0 Å². The van der Waals surface area contributed by atoms with E-state index in [0.717, 1.165) is 16.9 Å². The number of imidazole rings is 2. The van der Waals surface area contributed by atoms with Crippen LogP contribution in [0.25, 0.3) is 0 Å². The number of hydrogen-bond acceptors (Lipinski definition) is 6. The highest BCUT2D eigenvalue weighted by Crippen LogP contribution is 2.23. The molecule has 0 saturated carbocycles. The number of aryl methyl sites for hydroxylation is 1. The Hall–Kier alpha value is -3.94. The van der Waals surface area contributed by atoms with Crippen molar-refractivity contribution >= 4 is 15.7 Å². The molecule has 0 aliphatic rings. The van der Waals surface area contributed by atoms with Gasteiger partial charge in [0.15, 0.2) is 5.03 Å². The number of aromatic nitrogens is 4. The van der Waals surface area contributed by atoms with E-state index in [1.54, 1.807) is 31.7 Å². The molecule has 0 fully saturated rings. The van der Waals surface area contributed by atoms with Gasteiger partial charge in [-0.1, -0.05) is 30.3 Å². The van der Waals surface area contributed by atoms with Gasteiger partial charge in [-0.05, 0) is 36.2 Å². The fourth-order valence-corrected chi connectivity index (χ4v) is 5.15. The SMILES string of the molecule is CN(C(Cc1ccccc1)CN(Cc1cncn1C)c1ccc(C#N)cc1)S(=O)(=O)c1c[nH]cn1. The Kier molecular flexibility index (Phi) is 7.29. The number of rotatable bonds is 10. The number of anilines is 1. The van der Waals surface area contributed by atoms with Crippen molar-refractivity contribution in [1.82, 2.24) is 23.8 Å². The molecule has 4 rings (SSSR count). The van der Waals surface area contributed by atoms with Crippen molar-refractivity contribution in [1.29, 1.82) is 5.26 Å². The van der Waals surface area contributed by atoms with Gasteiger partial charge in [-0.2, -0.15) is 9.57 Å². The standard InChI is InChI=1S/C25H27N7O2S/c1-30-19-28-14-24(30)17-32(22-10-8-21(13-26)9-11-22)16-23(12-20-6-4-3-5-7-20)31(2)35(33,34)25-15-27-18-29-25/h3-11,14-15,18-19,23H,12,16-17H2,1-2H3,(H,27,29). The van der Waals surface area contributed by atoms with E-state index < -0.39 is 16.1 Å². The normalized spacial score (nSPS) is 12.4. The van der Waals surface area contributed by atoms with Crippen LogP contribution in [0.15, 0.2) is 84.7 Å². The number of benzene rings is 2. The Labute approximate surface area is 205 Å². The van der Waals surface area contributed by atoms with Crippen LogP contribution in [0.2, 0.25) is 0 Å². The number of hydrogen-bond donors (Lipinski definition) is 1. The Balaban J connectivity index is 1.71. The lowest BCUT2D eigenvalue weighted by molar-refractivity contribution is 0.361. The molecular weight excluding hydrogens is 462 g/mol. The lowest BCUT2D eigenvalue weighted by Gasteiger charge is -2.34. The van der Waals surface area contributed by atoms with Crippen LogP contribution >= 0.6 is 0 Å². The first-order valence-corrected chi connectivity index (χ1v) is 12.5. The number of nitrogens with one attached hydrogen (secondary N) is 1. The van der Waals surface area contributed by atoms with Crippen molar-refractivity contribution < 1.29 is 8.42 Å². The van der Waals surface area contributed by atoms with Crippen molar-refractivity contribution in [3.8, 4) is 6.07 Å². The van der Waals surface area contributed by atoms with Crippen LogP contribution in [-0.2, 0) is 30.0 Å².